The summed E-state index contributed by atoms with van der Waals surface area (Å²) in [6.07, 6.45) is -4.26. The molecule has 8 heteroatoms. The van der Waals surface area contributed by atoms with Gasteiger partial charge in [0, 0.05) is 0 Å². The number of nitrogens with zero attached hydrogens (tertiary/aromatic N) is 1. The van der Waals surface area contributed by atoms with Gasteiger partial charge in [0.05, 0.1) is 25.3 Å². The number of alkyl halides is 2. The molecule has 0 spiro atoms. The van der Waals surface area contributed by atoms with Crippen LogP contribution < -0.4 is 0 Å². The highest BCUT2D eigenvalue weighted by Gasteiger charge is 2.41. The Morgan fingerprint density at radius 3 is 2.25 bits per heavy atom. The minimum absolute atomic E-state index is 0.0327. The number of benzene rings is 1. The lowest BCUT2D eigenvalue weighted by atomic mass is 10.1. The Morgan fingerprint density at radius 2 is 1.79 bits per heavy atom. The third-order valence-corrected chi connectivity index (χ3v) is 9.76. The standard InChI is InChI=1S/C20H33F2NO4Si/c1-15(27-28(5,6)20(2,3)4)17(13-24)23(12-18(21)22)19(25)26-14-16-10-8-7-9-11-16/h7-11,15,17-18,24H,12-14H2,1-6H3. The fourth-order valence-electron chi connectivity index (χ4n) is 2.52. The SMILES string of the molecule is CC(O[Si](C)(C)C(C)(C)C)C(CO)N(CC(F)F)C(=O)OCc1ccccc1. The number of carbonyl (C=O) groups is 1. The quantitative estimate of drug-likeness (QED) is 0.594. The lowest BCUT2D eigenvalue weighted by Crippen LogP contribution is -2.54. The Bertz CT molecular complexity index is 608. The third kappa shape index (κ3) is 7.14. The molecular formula is C20H33F2NO4Si. The molecule has 0 heterocycles. The highest BCUT2D eigenvalue weighted by Crippen LogP contribution is 2.37. The predicted octanol–water partition coefficient (Wildman–Crippen LogP) is 4.66. The van der Waals surface area contributed by atoms with Crippen LogP contribution in [0.2, 0.25) is 18.1 Å². The molecule has 1 aromatic carbocycles. The molecule has 0 fully saturated rings. The van der Waals surface area contributed by atoms with Gasteiger partial charge in [-0.3, -0.25) is 4.90 Å². The second-order valence-electron chi connectivity index (χ2n) is 8.42. The van der Waals surface area contributed by atoms with E-state index in [1.165, 1.54) is 0 Å². The summed E-state index contributed by atoms with van der Waals surface area (Å²) < 4.78 is 37.7. The second-order valence-corrected chi connectivity index (χ2v) is 13.2. The molecule has 2 atom stereocenters. The topological polar surface area (TPSA) is 59.0 Å². The smallest absolute Gasteiger partial charge is 0.410 e. The van der Waals surface area contributed by atoms with Crippen molar-refractivity contribution in [3.05, 3.63) is 35.9 Å². The van der Waals surface area contributed by atoms with Crippen LogP contribution in [-0.4, -0.2) is 56.1 Å². The van der Waals surface area contributed by atoms with Crippen LogP contribution in [0.4, 0.5) is 13.6 Å². The highest BCUT2D eigenvalue weighted by atomic mass is 28.4. The fourth-order valence-corrected chi connectivity index (χ4v) is 3.96. The van der Waals surface area contributed by atoms with Crippen molar-refractivity contribution < 1.29 is 27.8 Å². The Labute approximate surface area is 167 Å². The maximum atomic E-state index is 13.1. The number of amides is 1. The van der Waals surface area contributed by atoms with E-state index in [9.17, 15) is 18.7 Å². The summed E-state index contributed by atoms with van der Waals surface area (Å²) in [5.41, 5.74) is 0.749. The van der Waals surface area contributed by atoms with Crippen molar-refractivity contribution in [2.75, 3.05) is 13.2 Å². The number of ether oxygens (including phenoxy) is 1. The zero-order valence-corrected chi connectivity index (χ0v) is 18.6. The zero-order chi connectivity index (χ0) is 21.5. The van der Waals surface area contributed by atoms with Crippen LogP contribution in [0.15, 0.2) is 30.3 Å². The van der Waals surface area contributed by atoms with Gasteiger partial charge in [-0.2, -0.15) is 0 Å². The lowest BCUT2D eigenvalue weighted by molar-refractivity contribution is -0.00675. The van der Waals surface area contributed by atoms with Gasteiger partial charge in [-0.05, 0) is 30.6 Å². The minimum Gasteiger partial charge on any atom is -0.445 e. The first-order valence-electron chi connectivity index (χ1n) is 9.43. The number of hydrogen-bond donors (Lipinski definition) is 1. The summed E-state index contributed by atoms with van der Waals surface area (Å²) in [6.45, 7) is 10.6. The molecule has 0 aliphatic rings. The Hall–Kier alpha value is -1.51. The van der Waals surface area contributed by atoms with Gasteiger partial charge in [0.25, 0.3) is 6.43 Å². The van der Waals surface area contributed by atoms with Crippen molar-refractivity contribution >= 4 is 14.4 Å². The summed E-state index contributed by atoms with van der Waals surface area (Å²) in [5, 5.41) is 9.76. The second kappa shape index (κ2) is 10.3. The van der Waals surface area contributed by atoms with E-state index in [-0.39, 0.29) is 11.6 Å². The van der Waals surface area contributed by atoms with Crippen molar-refractivity contribution in [3.8, 4) is 0 Å². The molecule has 1 rings (SSSR count). The zero-order valence-electron chi connectivity index (χ0n) is 17.6. The first-order chi connectivity index (χ1) is 12.9. The van der Waals surface area contributed by atoms with Crippen molar-refractivity contribution in [3.63, 3.8) is 0 Å². The van der Waals surface area contributed by atoms with E-state index in [1.807, 2.05) is 19.2 Å². The van der Waals surface area contributed by atoms with Crippen LogP contribution in [-0.2, 0) is 15.8 Å². The van der Waals surface area contributed by atoms with E-state index in [0.29, 0.717) is 0 Å². The van der Waals surface area contributed by atoms with Gasteiger partial charge in [-0.15, -0.1) is 0 Å². The van der Waals surface area contributed by atoms with Gasteiger partial charge >= 0.3 is 6.09 Å². The summed E-state index contributed by atoms with van der Waals surface area (Å²) in [4.78, 5) is 13.4. The number of aliphatic hydroxyl groups is 1. The Morgan fingerprint density at radius 1 is 1.21 bits per heavy atom. The number of hydrogen-bond acceptors (Lipinski definition) is 4. The summed E-state index contributed by atoms with van der Waals surface area (Å²) in [5.74, 6) is 0. The monoisotopic (exact) mass is 417 g/mol. The Balaban J connectivity index is 2.93. The molecule has 1 aromatic rings. The van der Waals surface area contributed by atoms with Gasteiger partial charge in [0.1, 0.15) is 6.61 Å². The molecule has 28 heavy (non-hydrogen) atoms. The van der Waals surface area contributed by atoms with Crippen LogP contribution in [0.25, 0.3) is 0 Å². The molecule has 0 aromatic heterocycles. The van der Waals surface area contributed by atoms with Crippen molar-refractivity contribution in [2.45, 2.75) is 71.0 Å². The van der Waals surface area contributed by atoms with Crippen molar-refractivity contribution in [1.82, 2.24) is 4.90 Å². The Kier molecular flexibility index (Phi) is 9.04. The third-order valence-electron chi connectivity index (χ3n) is 5.19. The molecule has 2 unspecified atom stereocenters. The fraction of sp³-hybridized carbons (Fsp3) is 0.650. The summed E-state index contributed by atoms with van der Waals surface area (Å²) in [6, 6.07) is 8.05. The van der Waals surface area contributed by atoms with E-state index in [4.69, 9.17) is 9.16 Å². The van der Waals surface area contributed by atoms with E-state index in [1.54, 1.807) is 31.2 Å². The number of rotatable bonds is 9. The van der Waals surface area contributed by atoms with E-state index < -0.39 is 46.1 Å². The molecule has 0 saturated carbocycles. The van der Waals surface area contributed by atoms with Crippen LogP contribution in [0.3, 0.4) is 0 Å². The molecule has 0 aliphatic heterocycles. The molecule has 1 amide bonds. The first kappa shape index (κ1) is 24.5. The number of halogens is 2. The number of carbonyl (C=O) groups excluding carboxylic acids is 1. The van der Waals surface area contributed by atoms with Gasteiger partial charge in [0.15, 0.2) is 8.32 Å². The number of aliphatic hydroxyl groups excluding tert-OH is 1. The van der Waals surface area contributed by atoms with Crippen LogP contribution in [0.1, 0.15) is 33.3 Å². The molecular weight excluding hydrogens is 384 g/mol. The first-order valence-corrected chi connectivity index (χ1v) is 12.3. The summed E-state index contributed by atoms with van der Waals surface area (Å²) in [7, 11) is -2.22. The molecule has 0 bridgehead atoms. The van der Waals surface area contributed by atoms with Gasteiger partial charge in [-0.25, -0.2) is 13.6 Å². The maximum absolute atomic E-state index is 13.1. The largest absolute Gasteiger partial charge is 0.445 e. The van der Waals surface area contributed by atoms with Gasteiger partial charge in [0.2, 0.25) is 0 Å². The molecule has 5 nitrogen and oxygen atoms in total. The van der Waals surface area contributed by atoms with Crippen LogP contribution in [0, 0.1) is 0 Å². The highest BCUT2D eigenvalue weighted by molar-refractivity contribution is 6.74. The van der Waals surface area contributed by atoms with Crippen molar-refractivity contribution in [1.29, 1.82) is 0 Å². The molecule has 0 aliphatic carbocycles. The van der Waals surface area contributed by atoms with E-state index in [0.717, 1.165) is 10.5 Å². The average molecular weight is 418 g/mol. The molecule has 0 radical (unpaired) electrons. The summed E-state index contributed by atoms with van der Waals surface area (Å²) >= 11 is 0. The van der Waals surface area contributed by atoms with Crippen molar-refractivity contribution in [2.24, 2.45) is 0 Å². The van der Waals surface area contributed by atoms with Crippen LogP contribution in [0.5, 0.6) is 0 Å². The normalized spacial score (nSPS) is 14.6. The predicted molar refractivity (Wildman–Crippen MR) is 108 cm³/mol. The van der Waals surface area contributed by atoms with Crippen LogP contribution >= 0.6 is 0 Å². The van der Waals surface area contributed by atoms with E-state index >= 15 is 0 Å². The van der Waals surface area contributed by atoms with E-state index in [2.05, 4.69) is 20.8 Å². The molecule has 0 saturated heterocycles. The van der Waals surface area contributed by atoms with Gasteiger partial charge < -0.3 is 14.3 Å². The minimum atomic E-state index is -2.75. The van der Waals surface area contributed by atoms with Gasteiger partial charge in [-0.1, -0.05) is 51.1 Å². The average Bonchev–Trinajstić information content (AvgIpc) is 2.58. The maximum Gasteiger partial charge on any atom is 0.410 e. The lowest BCUT2D eigenvalue weighted by Gasteiger charge is -2.42. The molecule has 1 N–H and O–H groups in total. The molecule has 160 valence electrons.